The Hall–Kier alpha value is -7.83. The number of nitrogens with zero attached hydrogens (tertiary/aromatic N) is 4. The molecule has 0 aliphatic carbocycles. The average Bonchev–Trinajstić information content (AvgIpc) is 3.95. The molecule has 0 N–H and O–H groups in total. The van der Waals surface area contributed by atoms with Gasteiger partial charge in [-0.15, -0.1) is 0 Å². The van der Waals surface area contributed by atoms with Crippen LogP contribution in [0, 0.1) is 0 Å². The molecule has 0 saturated heterocycles. The van der Waals surface area contributed by atoms with E-state index in [0.717, 1.165) is 88.4 Å². The van der Waals surface area contributed by atoms with Crippen LogP contribution < -0.4 is 0 Å². The first-order valence-corrected chi connectivity index (χ1v) is 19.0. The standard InChI is InChI=1S/C51H30N4O2/c1-2-12-31(13-3-1)32-14-10-15-33(28-32)49-52-50(34-24-26-39-38-18-6-9-22-44(38)56-46(39)29-34)54-51(53-49)35-25-27-40-47(30-35)57-45-23-11-21-43(48(40)45)55-41-19-7-4-16-36(41)37-17-5-8-20-42(37)55/h1-30H. The lowest BCUT2D eigenvalue weighted by Crippen LogP contribution is -2.00. The highest BCUT2D eigenvalue weighted by Gasteiger charge is 2.20. The van der Waals surface area contributed by atoms with Crippen molar-refractivity contribution in [2.24, 2.45) is 0 Å². The van der Waals surface area contributed by atoms with Crippen molar-refractivity contribution in [3.8, 4) is 51.0 Å². The lowest BCUT2D eigenvalue weighted by Gasteiger charge is -2.10. The molecule has 57 heavy (non-hydrogen) atoms. The summed E-state index contributed by atoms with van der Waals surface area (Å²) >= 11 is 0. The van der Waals surface area contributed by atoms with Gasteiger partial charge < -0.3 is 13.4 Å². The molecule has 0 spiro atoms. The summed E-state index contributed by atoms with van der Waals surface area (Å²) in [7, 11) is 0. The lowest BCUT2D eigenvalue weighted by atomic mass is 10.0. The Morgan fingerprint density at radius 3 is 1.53 bits per heavy atom. The maximum absolute atomic E-state index is 6.65. The van der Waals surface area contributed by atoms with E-state index in [1.807, 2.05) is 36.4 Å². The van der Waals surface area contributed by atoms with E-state index in [1.165, 1.54) is 10.8 Å². The molecule has 0 fully saturated rings. The Labute approximate surface area is 325 Å². The molecule has 12 rings (SSSR count). The maximum Gasteiger partial charge on any atom is 0.164 e. The number of para-hydroxylation sites is 3. The topological polar surface area (TPSA) is 69.9 Å². The summed E-state index contributed by atoms with van der Waals surface area (Å²) in [6, 6.07) is 62.7. The highest BCUT2D eigenvalue weighted by atomic mass is 16.3. The van der Waals surface area contributed by atoms with Gasteiger partial charge in [0, 0.05) is 43.6 Å². The van der Waals surface area contributed by atoms with Crippen LogP contribution in [0.5, 0.6) is 0 Å². The van der Waals surface area contributed by atoms with Crippen molar-refractivity contribution in [1.82, 2.24) is 19.5 Å². The molecule has 0 saturated carbocycles. The van der Waals surface area contributed by atoms with E-state index in [1.54, 1.807) is 0 Å². The fraction of sp³-hybridized carbons (Fsp3) is 0. The predicted octanol–water partition coefficient (Wildman–Crippen LogP) is 13.4. The van der Waals surface area contributed by atoms with Gasteiger partial charge in [0.2, 0.25) is 0 Å². The van der Waals surface area contributed by atoms with E-state index in [-0.39, 0.29) is 0 Å². The van der Waals surface area contributed by atoms with Gasteiger partial charge >= 0.3 is 0 Å². The van der Waals surface area contributed by atoms with E-state index in [9.17, 15) is 0 Å². The zero-order chi connectivity index (χ0) is 37.5. The minimum Gasteiger partial charge on any atom is -0.456 e. The fourth-order valence-electron chi connectivity index (χ4n) is 8.41. The number of fused-ring (bicyclic) bond motifs is 9. The monoisotopic (exact) mass is 730 g/mol. The second-order valence-corrected chi connectivity index (χ2v) is 14.4. The third-order valence-corrected chi connectivity index (χ3v) is 11.1. The highest BCUT2D eigenvalue weighted by molar-refractivity contribution is 6.14. The molecule has 0 unspecified atom stereocenters. The minimum absolute atomic E-state index is 0.551. The lowest BCUT2D eigenvalue weighted by molar-refractivity contribution is 0.668. The molecule has 266 valence electrons. The van der Waals surface area contributed by atoms with E-state index < -0.39 is 0 Å². The quantitative estimate of drug-likeness (QED) is 0.176. The largest absolute Gasteiger partial charge is 0.456 e. The van der Waals surface area contributed by atoms with Crippen LogP contribution in [0.3, 0.4) is 0 Å². The molecule has 0 amide bonds. The van der Waals surface area contributed by atoms with Crippen LogP contribution in [0.15, 0.2) is 191 Å². The van der Waals surface area contributed by atoms with Crippen molar-refractivity contribution >= 4 is 65.7 Å². The number of furan rings is 2. The fourth-order valence-corrected chi connectivity index (χ4v) is 8.41. The SMILES string of the molecule is c1ccc(-c2cccc(-c3nc(-c4ccc5c(c4)oc4ccccc45)nc(-c4ccc5c(c4)oc4cccc(-n6c7ccccc7c7ccccc76)c45)n3)c2)cc1. The number of hydrogen-bond donors (Lipinski definition) is 0. The van der Waals surface area contributed by atoms with Gasteiger partial charge in [0.15, 0.2) is 17.5 Å². The second-order valence-electron chi connectivity index (χ2n) is 14.4. The van der Waals surface area contributed by atoms with Crippen molar-refractivity contribution in [3.05, 3.63) is 182 Å². The molecule has 6 nitrogen and oxygen atoms in total. The number of rotatable bonds is 5. The summed E-state index contributed by atoms with van der Waals surface area (Å²) in [5.74, 6) is 1.69. The molecular weight excluding hydrogens is 701 g/mol. The normalized spacial score (nSPS) is 11.9. The highest BCUT2D eigenvalue weighted by Crippen LogP contribution is 2.40. The van der Waals surface area contributed by atoms with Gasteiger partial charge in [-0.05, 0) is 71.8 Å². The Kier molecular flexibility index (Phi) is 6.83. The van der Waals surface area contributed by atoms with E-state index in [0.29, 0.717) is 17.5 Å². The predicted molar refractivity (Wildman–Crippen MR) is 230 cm³/mol. The van der Waals surface area contributed by atoms with Crippen LogP contribution in [0.4, 0.5) is 0 Å². The zero-order valence-corrected chi connectivity index (χ0v) is 30.4. The molecule has 4 heterocycles. The van der Waals surface area contributed by atoms with E-state index in [2.05, 4.69) is 150 Å². The molecule has 0 radical (unpaired) electrons. The van der Waals surface area contributed by atoms with Gasteiger partial charge in [0.25, 0.3) is 0 Å². The molecule has 8 aromatic carbocycles. The molecule has 6 heteroatoms. The summed E-state index contributed by atoms with van der Waals surface area (Å²) in [6.45, 7) is 0. The van der Waals surface area contributed by atoms with E-state index in [4.69, 9.17) is 23.8 Å². The Morgan fingerprint density at radius 2 is 0.807 bits per heavy atom. The maximum atomic E-state index is 6.65. The van der Waals surface area contributed by atoms with Crippen molar-refractivity contribution in [2.45, 2.75) is 0 Å². The molecule has 0 bridgehead atoms. The van der Waals surface area contributed by atoms with Gasteiger partial charge in [0.1, 0.15) is 22.3 Å². The van der Waals surface area contributed by atoms with Crippen LogP contribution in [-0.2, 0) is 0 Å². The van der Waals surface area contributed by atoms with Crippen molar-refractivity contribution in [3.63, 3.8) is 0 Å². The molecular formula is C51H30N4O2. The van der Waals surface area contributed by atoms with Crippen molar-refractivity contribution in [2.75, 3.05) is 0 Å². The third kappa shape index (κ3) is 5.01. The van der Waals surface area contributed by atoms with Gasteiger partial charge in [-0.1, -0.05) is 121 Å². The van der Waals surface area contributed by atoms with Crippen LogP contribution in [0.2, 0.25) is 0 Å². The first-order chi connectivity index (χ1) is 28.2. The molecule has 12 aromatic rings. The van der Waals surface area contributed by atoms with Gasteiger partial charge in [-0.2, -0.15) is 0 Å². The van der Waals surface area contributed by atoms with Gasteiger partial charge in [0.05, 0.1) is 22.1 Å². The zero-order valence-electron chi connectivity index (χ0n) is 30.4. The number of benzene rings is 8. The smallest absolute Gasteiger partial charge is 0.164 e. The molecule has 0 aliphatic rings. The molecule has 0 aliphatic heterocycles. The summed E-state index contributed by atoms with van der Waals surface area (Å²) in [5.41, 5.74) is 11.4. The third-order valence-electron chi connectivity index (χ3n) is 11.1. The van der Waals surface area contributed by atoms with E-state index >= 15 is 0 Å². The Bertz CT molecular complexity index is 3490. The summed E-state index contributed by atoms with van der Waals surface area (Å²) in [6.07, 6.45) is 0. The van der Waals surface area contributed by atoms with Crippen LogP contribution >= 0.6 is 0 Å². The average molecular weight is 731 g/mol. The Morgan fingerprint density at radius 1 is 0.316 bits per heavy atom. The number of aromatic nitrogens is 4. The molecule has 4 aromatic heterocycles. The summed E-state index contributed by atoms with van der Waals surface area (Å²) in [5, 5.41) is 6.64. The van der Waals surface area contributed by atoms with Crippen molar-refractivity contribution < 1.29 is 8.83 Å². The first-order valence-electron chi connectivity index (χ1n) is 19.0. The molecule has 0 atom stereocenters. The summed E-state index contributed by atoms with van der Waals surface area (Å²) < 4.78 is 15.3. The van der Waals surface area contributed by atoms with Gasteiger partial charge in [-0.3, -0.25) is 0 Å². The van der Waals surface area contributed by atoms with Crippen LogP contribution in [-0.4, -0.2) is 19.5 Å². The summed E-state index contributed by atoms with van der Waals surface area (Å²) in [4.78, 5) is 15.3. The van der Waals surface area contributed by atoms with Gasteiger partial charge in [-0.25, -0.2) is 15.0 Å². The van der Waals surface area contributed by atoms with Crippen molar-refractivity contribution in [1.29, 1.82) is 0 Å². The van der Waals surface area contributed by atoms with Crippen LogP contribution in [0.1, 0.15) is 0 Å². The first kappa shape index (κ1) is 31.5. The Balaban J connectivity index is 1.04. The van der Waals surface area contributed by atoms with Crippen LogP contribution in [0.25, 0.3) is 117 Å². The minimum atomic E-state index is 0.551. The second kappa shape index (κ2) is 12.3. The number of hydrogen-bond acceptors (Lipinski definition) is 5.